The van der Waals surface area contributed by atoms with Crippen LogP contribution in [0, 0.1) is 0 Å². The van der Waals surface area contributed by atoms with Crippen molar-refractivity contribution in [2.45, 2.75) is 25.3 Å². The van der Waals surface area contributed by atoms with Gasteiger partial charge in [-0.2, -0.15) is 4.31 Å². The molecule has 2 rings (SSSR count). The van der Waals surface area contributed by atoms with Crippen LogP contribution in [0.25, 0.3) is 0 Å². The van der Waals surface area contributed by atoms with Crippen molar-refractivity contribution in [2.24, 2.45) is 0 Å². The molecule has 0 N–H and O–H groups in total. The summed E-state index contributed by atoms with van der Waals surface area (Å²) < 4.78 is 33.5. The molecule has 2 aromatic rings. The zero-order chi connectivity index (χ0) is 16.9. The van der Waals surface area contributed by atoms with Gasteiger partial charge in [-0.05, 0) is 40.5 Å². The van der Waals surface area contributed by atoms with E-state index in [4.69, 9.17) is 4.74 Å². The zero-order valence-electron chi connectivity index (χ0n) is 13.2. The summed E-state index contributed by atoms with van der Waals surface area (Å²) in [7, 11) is -3.57. The Kier molecular flexibility index (Phi) is 6.21. The summed E-state index contributed by atoms with van der Waals surface area (Å²) in [6.45, 7) is 4.92. The molecule has 0 aliphatic heterocycles. The van der Waals surface area contributed by atoms with E-state index >= 15 is 0 Å². The highest BCUT2D eigenvalue weighted by molar-refractivity contribution is 9.10. The Balaban J connectivity index is 2.33. The number of rotatable bonds is 7. The van der Waals surface area contributed by atoms with Crippen LogP contribution in [0.1, 0.15) is 19.4 Å². The lowest BCUT2D eigenvalue weighted by atomic mass is 10.2. The van der Waals surface area contributed by atoms with E-state index in [0.29, 0.717) is 25.4 Å². The first-order valence-electron chi connectivity index (χ1n) is 7.45. The van der Waals surface area contributed by atoms with Crippen LogP contribution in [-0.4, -0.2) is 25.9 Å². The second kappa shape index (κ2) is 7.95. The maximum Gasteiger partial charge on any atom is 0.243 e. The topological polar surface area (TPSA) is 46.6 Å². The predicted molar refractivity (Wildman–Crippen MR) is 95.0 cm³/mol. The second-order valence-corrected chi connectivity index (χ2v) is 7.73. The molecular weight excluding hydrogens is 378 g/mol. The number of nitrogens with zero attached hydrogens (tertiary/aromatic N) is 1. The quantitative estimate of drug-likeness (QED) is 0.707. The van der Waals surface area contributed by atoms with E-state index in [1.165, 1.54) is 4.31 Å². The average Bonchev–Trinajstić information content (AvgIpc) is 2.55. The Hall–Kier alpha value is -1.37. The third-order valence-corrected chi connectivity index (χ3v) is 5.97. The van der Waals surface area contributed by atoms with E-state index in [1.54, 1.807) is 18.2 Å². The molecule has 0 amide bonds. The average molecular weight is 398 g/mol. The molecule has 0 saturated heterocycles. The number of halogens is 1. The van der Waals surface area contributed by atoms with Crippen LogP contribution in [-0.2, 0) is 16.6 Å². The van der Waals surface area contributed by atoms with E-state index in [9.17, 15) is 8.42 Å². The molecule has 124 valence electrons. The number of benzene rings is 2. The van der Waals surface area contributed by atoms with Crippen LogP contribution in [0.5, 0.6) is 5.75 Å². The van der Waals surface area contributed by atoms with Gasteiger partial charge in [-0.15, -0.1) is 0 Å². The van der Waals surface area contributed by atoms with Gasteiger partial charge in [0.25, 0.3) is 0 Å². The zero-order valence-corrected chi connectivity index (χ0v) is 15.6. The molecule has 0 aliphatic rings. The van der Waals surface area contributed by atoms with Gasteiger partial charge in [-0.1, -0.05) is 37.3 Å². The Morgan fingerprint density at radius 3 is 2.39 bits per heavy atom. The van der Waals surface area contributed by atoms with Crippen molar-refractivity contribution in [1.82, 2.24) is 4.31 Å². The molecular formula is C17H20BrNO3S. The molecule has 0 saturated carbocycles. The number of hydrogen-bond donors (Lipinski definition) is 0. The van der Waals surface area contributed by atoms with Crippen molar-refractivity contribution < 1.29 is 13.2 Å². The van der Waals surface area contributed by atoms with E-state index in [-0.39, 0.29) is 4.90 Å². The molecule has 23 heavy (non-hydrogen) atoms. The Morgan fingerprint density at radius 1 is 1.09 bits per heavy atom. The monoisotopic (exact) mass is 397 g/mol. The Bertz CT molecular complexity index is 748. The fraction of sp³-hybridized carbons (Fsp3) is 0.294. The first kappa shape index (κ1) is 18.0. The van der Waals surface area contributed by atoms with Gasteiger partial charge >= 0.3 is 0 Å². The van der Waals surface area contributed by atoms with Crippen molar-refractivity contribution >= 4 is 26.0 Å². The summed E-state index contributed by atoms with van der Waals surface area (Å²) in [5, 5.41) is 0. The van der Waals surface area contributed by atoms with E-state index in [2.05, 4.69) is 15.9 Å². The lowest BCUT2D eigenvalue weighted by Gasteiger charge is -2.21. The van der Waals surface area contributed by atoms with E-state index in [1.807, 2.05) is 44.2 Å². The molecule has 0 bridgehead atoms. The van der Waals surface area contributed by atoms with Gasteiger partial charge in [-0.3, -0.25) is 0 Å². The lowest BCUT2D eigenvalue weighted by molar-refractivity contribution is 0.337. The molecule has 0 spiro atoms. The minimum atomic E-state index is -3.57. The third kappa shape index (κ3) is 4.34. The fourth-order valence-corrected chi connectivity index (χ4v) is 4.03. The normalized spacial score (nSPS) is 11.7. The van der Waals surface area contributed by atoms with Crippen LogP contribution >= 0.6 is 15.9 Å². The Labute approximate surface area is 146 Å². The molecule has 0 fully saturated rings. The number of hydrogen-bond acceptors (Lipinski definition) is 3. The summed E-state index contributed by atoms with van der Waals surface area (Å²) in [6, 6.07) is 14.4. The summed E-state index contributed by atoms with van der Waals surface area (Å²) >= 11 is 3.37. The van der Waals surface area contributed by atoms with Crippen LogP contribution < -0.4 is 4.74 Å². The summed E-state index contributed by atoms with van der Waals surface area (Å²) in [5.74, 6) is 0.532. The van der Waals surface area contributed by atoms with Gasteiger partial charge in [-0.25, -0.2) is 8.42 Å². The highest BCUT2D eigenvalue weighted by atomic mass is 79.9. The van der Waals surface area contributed by atoms with Crippen LogP contribution in [0.3, 0.4) is 0 Å². The third-order valence-electron chi connectivity index (χ3n) is 3.39. The molecule has 0 aromatic heterocycles. The first-order chi connectivity index (χ1) is 11.0. The molecule has 2 aromatic carbocycles. The van der Waals surface area contributed by atoms with Crippen molar-refractivity contribution in [3.63, 3.8) is 0 Å². The minimum Gasteiger partial charge on any atom is -0.493 e. The Morgan fingerprint density at radius 2 is 1.78 bits per heavy atom. The van der Waals surface area contributed by atoms with E-state index < -0.39 is 10.0 Å². The maximum absolute atomic E-state index is 12.9. The minimum absolute atomic E-state index is 0.238. The van der Waals surface area contributed by atoms with Crippen LogP contribution in [0.15, 0.2) is 57.9 Å². The van der Waals surface area contributed by atoms with Crippen molar-refractivity contribution in [1.29, 1.82) is 0 Å². The molecule has 4 nitrogen and oxygen atoms in total. The molecule has 0 unspecified atom stereocenters. The largest absolute Gasteiger partial charge is 0.493 e. The van der Waals surface area contributed by atoms with Gasteiger partial charge in [0.15, 0.2) is 0 Å². The highest BCUT2D eigenvalue weighted by Gasteiger charge is 2.24. The predicted octanol–water partition coefficient (Wildman–Crippen LogP) is 4.06. The molecule has 0 atom stereocenters. The number of sulfonamides is 1. The lowest BCUT2D eigenvalue weighted by Crippen LogP contribution is -2.30. The fourth-order valence-electron chi connectivity index (χ4n) is 2.21. The maximum atomic E-state index is 12.9. The van der Waals surface area contributed by atoms with E-state index in [0.717, 1.165) is 10.0 Å². The molecule has 6 heteroatoms. The standard InChI is InChI=1S/C17H20BrNO3S/c1-3-19(13-14-8-6-5-7-9-14)23(20,21)15-10-11-16(18)17(12-15)22-4-2/h5-12H,3-4,13H2,1-2H3. The van der Waals surface area contributed by atoms with Gasteiger partial charge in [0.1, 0.15) is 5.75 Å². The van der Waals surface area contributed by atoms with Crippen LogP contribution in [0.4, 0.5) is 0 Å². The molecule has 0 radical (unpaired) electrons. The van der Waals surface area contributed by atoms with Gasteiger partial charge in [0, 0.05) is 19.2 Å². The second-order valence-electron chi connectivity index (χ2n) is 4.94. The highest BCUT2D eigenvalue weighted by Crippen LogP contribution is 2.29. The summed E-state index contributed by atoms with van der Waals surface area (Å²) in [6.07, 6.45) is 0. The van der Waals surface area contributed by atoms with Crippen LogP contribution in [0.2, 0.25) is 0 Å². The molecule has 0 heterocycles. The van der Waals surface area contributed by atoms with Crippen molar-refractivity contribution in [3.05, 3.63) is 58.6 Å². The van der Waals surface area contributed by atoms with Crippen molar-refractivity contribution in [2.75, 3.05) is 13.2 Å². The van der Waals surface area contributed by atoms with Gasteiger partial charge in [0.2, 0.25) is 10.0 Å². The SMILES string of the molecule is CCOc1cc(S(=O)(=O)N(CC)Cc2ccccc2)ccc1Br. The van der Waals surface area contributed by atoms with Gasteiger partial charge < -0.3 is 4.74 Å². The van der Waals surface area contributed by atoms with Crippen molar-refractivity contribution in [3.8, 4) is 5.75 Å². The summed E-state index contributed by atoms with van der Waals surface area (Å²) in [5.41, 5.74) is 0.958. The first-order valence-corrected chi connectivity index (χ1v) is 9.68. The summed E-state index contributed by atoms with van der Waals surface area (Å²) in [4.78, 5) is 0.238. The number of ether oxygens (including phenoxy) is 1. The van der Waals surface area contributed by atoms with Gasteiger partial charge in [0.05, 0.1) is 16.0 Å². The molecule has 0 aliphatic carbocycles. The smallest absolute Gasteiger partial charge is 0.243 e.